The lowest BCUT2D eigenvalue weighted by Crippen LogP contribution is -2.39. The van der Waals surface area contributed by atoms with Crippen LogP contribution >= 0.6 is 24.0 Å². The van der Waals surface area contributed by atoms with E-state index in [-0.39, 0.29) is 41.9 Å². The number of nitrogens with zero attached hydrogens (tertiary/aromatic N) is 2. The van der Waals surface area contributed by atoms with Crippen molar-refractivity contribution in [2.75, 3.05) is 40.3 Å². The van der Waals surface area contributed by atoms with Crippen molar-refractivity contribution in [2.24, 2.45) is 4.99 Å². The molecule has 1 aromatic rings. The van der Waals surface area contributed by atoms with Gasteiger partial charge in [0.15, 0.2) is 5.96 Å². The van der Waals surface area contributed by atoms with Crippen LogP contribution in [0, 0.1) is 12.7 Å². The van der Waals surface area contributed by atoms with E-state index >= 15 is 0 Å². The third kappa shape index (κ3) is 10.3. The van der Waals surface area contributed by atoms with Gasteiger partial charge in [-0.1, -0.05) is 12.1 Å². The maximum absolute atomic E-state index is 13.8. The van der Waals surface area contributed by atoms with Gasteiger partial charge in [0, 0.05) is 19.7 Å². The minimum atomic E-state index is -0.182. The number of halogens is 2. The van der Waals surface area contributed by atoms with Crippen LogP contribution in [-0.4, -0.2) is 57.3 Å². The molecule has 5 nitrogen and oxygen atoms in total. The minimum absolute atomic E-state index is 0. The highest BCUT2D eigenvalue weighted by Crippen LogP contribution is 2.16. The third-order valence-corrected chi connectivity index (χ3v) is 4.15. The number of hydrogen-bond acceptors (Lipinski definition) is 3. The van der Waals surface area contributed by atoms with E-state index in [1.54, 1.807) is 19.1 Å². The lowest BCUT2D eigenvalue weighted by molar-refractivity contribution is 0.0582. The smallest absolute Gasteiger partial charge is 0.191 e. The molecule has 1 aromatic carbocycles. The summed E-state index contributed by atoms with van der Waals surface area (Å²) in [6, 6.07) is 5.28. The summed E-state index contributed by atoms with van der Waals surface area (Å²) in [5, 5.41) is 6.60. The van der Waals surface area contributed by atoms with Crippen molar-refractivity contribution >= 4 is 29.9 Å². The maximum Gasteiger partial charge on any atom is 0.191 e. The molecule has 0 saturated heterocycles. The number of ether oxygens (including phenoxy) is 1. The molecule has 2 unspecified atom stereocenters. The van der Waals surface area contributed by atoms with Gasteiger partial charge in [-0.3, -0.25) is 4.99 Å². The minimum Gasteiger partial charge on any atom is -0.377 e. The second kappa shape index (κ2) is 14.1. The van der Waals surface area contributed by atoms with E-state index in [4.69, 9.17) is 4.74 Å². The SMILES string of the molecule is CCNC(=NCC(CCN(C)C)OCC)NC(C)c1ccc(C)c(F)c1.I. The molecule has 27 heavy (non-hydrogen) atoms. The Morgan fingerprint density at radius 2 is 2.00 bits per heavy atom. The van der Waals surface area contributed by atoms with Crippen molar-refractivity contribution in [3.63, 3.8) is 0 Å². The largest absolute Gasteiger partial charge is 0.377 e. The quantitative estimate of drug-likeness (QED) is 0.296. The van der Waals surface area contributed by atoms with Crippen LogP contribution in [0.25, 0.3) is 0 Å². The van der Waals surface area contributed by atoms with E-state index in [2.05, 4.69) is 34.6 Å². The average Bonchev–Trinajstić information content (AvgIpc) is 2.59. The van der Waals surface area contributed by atoms with Crippen molar-refractivity contribution in [3.05, 3.63) is 35.1 Å². The van der Waals surface area contributed by atoms with E-state index in [0.717, 1.165) is 31.0 Å². The molecule has 0 radical (unpaired) electrons. The Kier molecular flexibility index (Phi) is 13.6. The number of aryl methyl sites for hydroxylation is 1. The lowest BCUT2D eigenvalue weighted by atomic mass is 10.1. The van der Waals surface area contributed by atoms with Gasteiger partial charge in [0.25, 0.3) is 0 Å². The summed E-state index contributed by atoms with van der Waals surface area (Å²) in [7, 11) is 4.11. The number of aliphatic imine (C=N–C) groups is 1. The normalized spacial score (nSPS) is 13.9. The first-order valence-corrected chi connectivity index (χ1v) is 9.44. The van der Waals surface area contributed by atoms with E-state index in [0.29, 0.717) is 18.7 Å². The topological polar surface area (TPSA) is 48.9 Å². The fourth-order valence-electron chi connectivity index (χ4n) is 2.55. The van der Waals surface area contributed by atoms with Crippen LogP contribution in [0.5, 0.6) is 0 Å². The Bertz CT molecular complexity index is 569. The maximum atomic E-state index is 13.8. The van der Waals surface area contributed by atoms with Crippen LogP contribution in [0.3, 0.4) is 0 Å². The van der Waals surface area contributed by atoms with Gasteiger partial charge in [0.1, 0.15) is 5.82 Å². The van der Waals surface area contributed by atoms with Gasteiger partial charge in [0.05, 0.1) is 18.7 Å². The highest BCUT2D eigenvalue weighted by Gasteiger charge is 2.12. The van der Waals surface area contributed by atoms with E-state index in [1.807, 2.05) is 26.8 Å². The summed E-state index contributed by atoms with van der Waals surface area (Å²) < 4.78 is 19.6. The van der Waals surface area contributed by atoms with Gasteiger partial charge in [-0.25, -0.2) is 4.39 Å². The molecular weight excluding hydrogens is 458 g/mol. The first kappa shape index (κ1) is 26.1. The van der Waals surface area contributed by atoms with Crippen LogP contribution in [0.2, 0.25) is 0 Å². The van der Waals surface area contributed by atoms with Gasteiger partial charge < -0.3 is 20.3 Å². The highest BCUT2D eigenvalue weighted by molar-refractivity contribution is 14.0. The lowest BCUT2D eigenvalue weighted by Gasteiger charge is -2.21. The molecule has 0 saturated carbocycles. The van der Waals surface area contributed by atoms with E-state index < -0.39 is 0 Å². The van der Waals surface area contributed by atoms with Crippen LogP contribution < -0.4 is 10.6 Å². The molecule has 1 rings (SSSR count). The predicted molar refractivity (Wildman–Crippen MR) is 123 cm³/mol. The number of guanidine groups is 1. The average molecular weight is 494 g/mol. The molecule has 2 N–H and O–H groups in total. The zero-order chi connectivity index (χ0) is 19.5. The molecule has 0 fully saturated rings. The zero-order valence-electron chi connectivity index (χ0n) is 17.5. The van der Waals surface area contributed by atoms with Gasteiger partial charge in [0.2, 0.25) is 0 Å². The Hall–Kier alpha value is -0.930. The van der Waals surface area contributed by atoms with Crippen molar-refractivity contribution in [2.45, 2.75) is 46.3 Å². The second-order valence-corrected chi connectivity index (χ2v) is 6.76. The molecule has 7 heteroatoms. The van der Waals surface area contributed by atoms with Gasteiger partial charge >= 0.3 is 0 Å². The highest BCUT2D eigenvalue weighted by atomic mass is 127. The van der Waals surface area contributed by atoms with Crippen LogP contribution in [0.1, 0.15) is 44.4 Å². The van der Waals surface area contributed by atoms with Crippen LogP contribution in [-0.2, 0) is 4.74 Å². The van der Waals surface area contributed by atoms with Crippen LogP contribution in [0.4, 0.5) is 4.39 Å². The molecule has 0 amide bonds. The van der Waals surface area contributed by atoms with Crippen molar-refractivity contribution < 1.29 is 9.13 Å². The fraction of sp³-hybridized carbons (Fsp3) is 0.650. The van der Waals surface area contributed by atoms with E-state index in [9.17, 15) is 4.39 Å². The Labute approximate surface area is 181 Å². The summed E-state index contributed by atoms with van der Waals surface area (Å²) in [6.45, 7) is 10.8. The fourth-order valence-corrected chi connectivity index (χ4v) is 2.55. The van der Waals surface area contributed by atoms with Crippen molar-refractivity contribution in [1.29, 1.82) is 0 Å². The monoisotopic (exact) mass is 494 g/mol. The molecule has 0 spiro atoms. The molecular formula is C20H36FIN4O. The molecule has 0 aromatic heterocycles. The first-order valence-electron chi connectivity index (χ1n) is 9.44. The van der Waals surface area contributed by atoms with Gasteiger partial charge in [-0.2, -0.15) is 0 Å². The summed E-state index contributed by atoms with van der Waals surface area (Å²) >= 11 is 0. The molecule has 0 aliphatic rings. The van der Waals surface area contributed by atoms with E-state index in [1.165, 1.54) is 0 Å². The standard InChI is InChI=1S/C20H35FN4O.HI/c1-7-22-20(23-14-18(26-8-2)11-12-25(5)6)24-16(4)17-10-9-15(3)19(21)13-17;/h9-10,13,16,18H,7-8,11-12,14H2,1-6H3,(H2,22,23,24);1H. The number of benzene rings is 1. The molecule has 0 heterocycles. The Morgan fingerprint density at radius 3 is 2.56 bits per heavy atom. The Balaban J connectivity index is 0.00000676. The molecule has 0 aliphatic heterocycles. The van der Waals surface area contributed by atoms with Gasteiger partial charge in [-0.05, 0) is 65.4 Å². The summed E-state index contributed by atoms with van der Waals surface area (Å²) in [6.07, 6.45) is 1.02. The molecule has 2 atom stereocenters. The molecule has 156 valence electrons. The zero-order valence-corrected chi connectivity index (χ0v) is 19.8. The Morgan fingerprint density at radius 1 is 1.30 bits per heavy atom. The number of rotatable bonds is 10. The van der Waals surface area contributed by atoms with Crippen molar-refractivity contribution in [1.82, 2.24) is 15.5 Å². The third-order valence-electron chi connectivity index (χ3n) is 4.15. The predicted octanol–water partition coefficient (Wildman–Crippen LogP) is 3.73. The molecule has 0 aliphatic carbocycles. The van der Waals surface area contributed by atoms with Gasteiger partial charge in [-0.15, -0.1) is 24.0 Å². The van der Waals surface area contributed by atoms with Crippen molar-refractivity contribution in [3.8, 4) is 0 Å². The second-order valence-electron chi connectivity index (χ2n) is 6.76. The first-order chi connectivity index (χ1) is 12.4. The number of nitrogens with one attached hydrogen (secondary N) is 2. The summed E-state index contributed by atoms with van der Waals surface area (Å²) in [5.74, 6) is 0.536. The molecule has 0 bridgehead atoms. The van der Waals surface area contributed by atoms with Crippen LogP contribution in [0.15, 0.2) is 23.2 Å². The summed E-state index contributed by atoms with van der Waals surface area (Å²) in [5.41, 5.74) is 1.55. The summed E-state index contributed by atoms with van der Waals surface area (Å²) in [4.78, 5) is 6.82. The number of hydrogen-bond donors (Lipinski definition) is 2.